The quantitative estimate of drug-likeness (QED) is 0.299. The Balaban J connectivity index is 5.34. The monoisotopic (exact) mass is 378 g/mol. The molecule has 2 unspecified atom stereocenters. The molecule has 26 heavy (non-hydrogen) atoms. The average Bonchev–Trinajstić information content (AvgIpc) is 2.51. The van der Waals surface area contributed by atoms with Crippen molar-refractivity contribution in [3.8, 4) is 0 Å². The van der Waals surface area contributed by atoms with E-state index in [9.17, 15) is 33.9 Å². The number of ether oxygens (including phenoxy) is 3. The number of hydrogen-bond donors (Lipinski definition) is 3. The molecule has 0 aliphatic heterocycles. The van der Waals surface area contributed by atoms with Gasteiger partial charge in [0, 0.05) is 6.42 Å². The second kappa shape index (κ2) is 9.96. The molecule has 0 saturated heterocycles. The summed E-state index contributed by atoms with van der Waals surface area (Å²) < 4.78 is 13.4. The fraction of sp³-hybridized carbons (Fsp3) is 0.571. The number of esters is 3. The van der Waals surface area contributed by atoms with E-state index in [1.54, 1.807) is 0 Å². The van der Waals surface area contributed by atoms with Gasteiger partial charge in [-0.3, -0.25) is 14.4 Å². The molecule has 0 radical (unpaired) electrons. The third-order valence-electron chi connectivity index (χ3n) is 2.86. The van der Waals surface area contributed by atoms with Crippen LogP contribution in [0.5, 0.6) is 0 Å². The van der Waals surface area contributed by atoms with Crippen molar-refractivity contribution in [3.05, 3.63) is 0 Å². The lowest BCUT2D eigenvalue weighted by molar-refractivity contribution is -0.191. The molecule has 0 bridgehead atoms. The maximum absolute atomic E-state index is 11.7. The minimum Gasteiger partial charge on any atom is -0.481 e. The summed E-state index contributed by atoms with van der Waals surface area (Å²) >= 11 is 0. The highest BCUT2D eigenvalue weighted by Crippen LogP contribution is 2.23. The molecule has 12 heteroatoms. The SMILES string of the molecule is CCC(=O)OCC(=O)OC(CC(=O)O)(CC(=O)OC(C)C(=O)O)C(=O)O. The van der Waals surface area contributed by atoms with Crippen LogP contribution < -0.4 is 0 Å². The second-order valence-electron chi connectivity index (χ2n) is 5.01. The first kappa shape index (κ1) is 22.8. The van der Waals surface area contributed by atoms with Gasteiger partial charge in [-0.15, -0.1) is 0 Å². The first-order valence-corrected chi connectivity index (χ1v) is 7.18. The number of rotatable bonds is 11. The molecular formula is C14H18O12. The predicted octanol–water partition coefficient (Wildman–Crippen LogP) is -0.813. The number of aliphatic carboxylic acids is 3. The third kappa shape index (κ3) is 7.59. The van der Waals surface area contributed by atoms with Gasteiger partial charge in [-0.1, -0.05) is 6.92 Å². The maximum Gasteiger partial charge on any atom is 0.349 e. The third-order valence-corrected chi connectivity index (χ3v) is 2.86. The van der Waals surface area contributed by atoms with Crippen LogP contribution in [0.25, 0.3) is 0 Å². The molecule has 12 nitrogen and oxygen atoms in total. The maximum atomic E-state index is 11.7. The van der Waals surface area contributed by atoms with E-state index < -0.39 is 67.0 Å². The average molecular weight is 378 g/mol. The first-order valence-electron chi connectivity index (χ1n) is 7.18. The van der Waals surface area contributed by atoms with Crippen molar-refractivity contribution in [3.63, 3.8) is 0 Å². The van der Waals surface area contributed by atoms with Crippen LogP contribution in [-0.2, 0) is 43.0 Å². The predicted molar refractivity (Wildman–Crippen MR) is 77.8 cm³/mol. The van der Waals surface area contributed by atoms with E-state index in [2.05, 4.69) is 14.2 Å². The molecule has 146 valence electrons. The van der Waals surface area contributed by atoms with Gasteiger partial charge >= 0.3 is 35.8 Å². The van der Waals surface area contributed by atoms with E-state index in [-0.39, 0.29) is 6.42 Å². The van der Waals surface area contributed by atoms with E-state index in [1.807, 2.05) is 0 Å². The molecule has 0 saturated carbocycles. The largest absolute Gasteiger partial charge is 0.481 e. The normalized spacial score (nSPS) is 13.6. The Morgan fingerprint density at radius 2 is 1.50 bits per heavy atom. The number of hydrogen-bond acceptors (Lipinski definition) is 9. The molecule has 0 aromatic carbocycles. The van der Waals surface area contributed by atoms with Crippen molar-refractivity contribution >= 4 is 35.8 Å². The van der Waals surface area contributed by atoms with Crippen LogP contribution in [0.2, 0.25) is 0 Å². The molecule has 0 fully saturated rings. The van der Waals surface area contributed by atoms with Crippen molar-refractivity contribution in [1.29, 1.82) is 0 Å². The van der Waals surface area contributed by atoms with Gasteiger partial charge in [0.25, 0.3) is 0 Å². The zero-order chi connectivity index (χ0) is 20.5. The first-order chi connectivity index (χ1) is 11.9. The molecule has 0 aliphatic rings. The van der Waals surface area contributed by atoms with E-state index in [1.165, 1.54) is 6.92 Å². The number of carbonyl (C=O) groups excluding carboxylic acids is 3. The number of carboxylic acids is 3. The number of carbonyl (C=O) groups is 6. The van der Waals surface area contributed by atoms with Crippen LogP contribution in [-0.4, -0.2) is 69.4 Å². The fourth-order valence-electron chi connectivity index (χ4n) is 1.59. The zero-order valence-electron chi connectivity index (χ0n) is 13.9. The Labute approximate surface area is 146 Å². The molecule has 0 rings (SSSR count). The molecule has 0 amide bonds. The summed E-state index contributed by atoms with van der Waals surface area (Å²) in [6.45, 7) is 1.41. The van der Waals surface area contributed by atoms with Gasteiger partial charge < -0.3 is 29.5 Å². The Hall–Kier alpha value is -3.18. The van der Waals surface area contributed by atoms with Gasteiger partial charge in [-0.25, -0.2) is 14.4 Å². The van der Waals surface area contributed by atoms with Gasteiger partial charge in [0.2, 0.25) is 5.60 Å². The molecule has 3 N–H and O–H groups in total. The molecule has 0 aromatic heterocycles. The highest BCUT2D eigenvalue weighted by atomic mass is 16.6. The minimum absolute atomic E-state index is 0.0775. The summed E-state index contributed by atoms with van der Waals surface area (Å²) in [6.07, 6.45) is -4.29. The van der Waals surface area contributed by atoms with E-state index in [0.29, 0.717) is 0 Å². The van der Waals surface area contributed by atoms with Crippen LogP contribution >= 0.6 is 0 Å². The summed E-state index contributed by atoms with van der Waals surface area (Å²) in [5, 5.41) is 26.8. The lowest BCUT2D eigenvalue weighted by atomic mass is 9.95. The van der Waals surface area contributed by atoms with E-state index in [0.717, 1.165) is 6.92 Å². The van der Waals surface area contributed by atoms with Gasteiger partial charge in [-0.2, -0.15) is 0 Å². The van der Waals surface area contributed by atoms with E-state index >= 15 is 0 Å². The standard InChI is InChI=1S/C14H18O12/c1-3-9(17)24-6-11(19)26-14(13(22)23,4-8(15)16)5-10(18)25-7(2)12(20)21/h7H,3-6H2,1-2H3,(H,15,16)(H,20,21)(H,22,23). The van der Waals surface area contributed by atoms with E-state index in [4.69, 9.17) is 10.2 Å². The van der Waals surface area contributed by atoms with Crippen LogP contribution in [0.15, 0.2) is 0 Å². The van der Waals surface area contributed by atoms with Crippen molar-refractivity contribution in [2.45, 2.75) is 44.8 Å². The summed E-state index contributed by atoms with van der Waals surface area (Å²) in [5.74, 6) is -8.84. The highest BCUT2D eigenvalue weighted by Gasteiger charge is 2.48. The van der Waals surface area contributed by atoms with Crippen molar-refractivity contribution < 1.29 is 58.3 Å². The van der Waals surface area contributed by atoms with Crippen LogP contribution in [0, 0.1) is 0 Å². The molecule has 0 spiro atoms. The summed E-state index contributed by atoms with van der Waals surface area (Å²) in [5.41, 5.74) is -2.86. The molecule has 0 aliphatic carbocycles. The van der Waals surface area contributed by atoms with Crippen molar-refractivity contribution in [1.82, 2.24) is 0 Å². The second-order valence-corrected chi connectivity index (χ2v) is 5.01. The lowest BCUT2D eigenvalue weighted by Gasteiger charge is -2.27. The fourth-order valence-corrected chi connectivity index (χ4v) is 1.59. The summed E-state index contributed by atoms with van der Waals surface area (Å²) in [4.78, 5) is 67.5. The van der Waals surface area contributed by atoms with Crippen molar-refractivity contribution in [2.75, 3.05) is 6.61 Å². The molecule has 0 aromatic rings. The van der Waals surface area contributed by atoms with Crippen LogP contribution in [0.1, 0.15) is 33.1 Å². The van der Waals surface area contributed by atoms with Crippen LogP contribution in [0.3, 0.4) is 0 Å². The Morgan fingerprint density at radius 3 is 1.92 bits per heavy atom. The van der Waals surface area contributed by atoms with Gasteiger partial charge in [0.1, 0.15) is 0 Å². The van der Waals surface area contributed by atoms with Gasteiger partial charge in [-0.05, 0) is 6.92 Å². The summed E-state index contributed by atoms with van der Waals surface area (Å²) in [6, 6.07) is 0. The van der Waals surface area contributed by atoms with Gasteiger partial charge in [0.05, 0.1) is 12.8 Å². The smallest absolute Gasteiger partial charge is 0.349 e. The van der Waals surface area contributed by atoms with Crippen LogP contribution in [0.4, 0.5) is 0 Å². The summed E-state index contributed by atoms with van der Waals surface area (Å²) in [7, 11) is 0. The molecule has 0 heterocycles. The van der Waals surface area contributed by atoms with Crippen molar-refractivity contribution in [2.24, 2.45) is 0 Å². The lowest BCUT2D eigenvalue weighted by Crippen LogP contribution is -2.48. The molecule has 2 atom stereocenters. The van der Waals surface area contributed by atoms with Gasteiger partial charge in [0.15, 0.2) is 12.7 Å². The Bertz CT molecular complexity index is 595. The topological polar surface area (TPSA) is 191 Å². The number of carboxylic acid groups (broad SMARTS) is 3. The Morgan fingerprint density at radius 1 is 0.923 bits per heavy atom. The Kier molecular flexibility index (Phi) is 8.74. The zero-order valence-corrected chi connectivity index (χ0v) is 13.9. The minimum atomic E-state index is -2.86. The highest BCUT2D eigenvalue weighted by molar-refractivity contribution is 5.92. The molecular weight excluding hydrogens is 360 g/mol.